The molecule has 0 N–H and O–H groups in total. The molecule has 2 aromatic carbocycles. The molecular formula is C32H28F3N5O4. The molecule has 0 saturated heterocycles. The average molecular weight is 604 g/mol. The summed E-state index contributed by atoms with van der Waals surface area (Å²) in [5, 5.41) is 0.309. The van der Waals surface area contributed by atoms with E-state index in [1.807, 2.05) is 13.0 Å². The van der Waals surface area contributed by atoms with Crippen molar-refractivity contribution in [1.82, 2.24) is 24.4 Å². The molecule has 5 aromatic rings. The lowest BCUT2D eigenvalue weighted by Crippen LogP contribution is -2.38. The number of carbonyl (C=O) groups is 1. The summed E-state index contributed by atoms with van der Waals surface area (Å²) in [7, 11) is 0. The number of alkyl halides is 3. The van der Waals surface area contributed by atoms with Gasteiger partial charge in [0.1, 0.15) is 17.3 Å². The molecule has 12 heteroatoms. The van der Waals surface area contributed by atoms with E-state index in [0.717, 1.165) is 17.7 Å². The SMILES string of the molecule is CCOc1ccc(-n2c([C@H](C)N(Cc3cccnc3)C(=O)Cc3ccc(OC(F)(F)F)cc3)nc3ncccc3c2=O)cc1. The van der Waals surface area contributed by atoms with Gasteiger partial charge in [-0.25, -0.2) is 9.97 Å². The van der Waals surface area contributed by atoms with E-state index in [-0.39, 0.29) is 41.7 Å². The summed E-state index contributed by atoms with van der Waals surface area (Å²) in [4.78, 5) is 42.6. The summed E-state index contributed by atoms with van der Waals surface area (Å²) in [5.74, 6) is 0.173. The predicted molar refractivity (Wildman–Crippen MR) is 156 cm³/mol. The minimum Gasteiger partial charge on any atom is -0.494 e. The van der Waals surface area contributed by atoms with Crippen molar-refractivity contribution in [2.24, 2.45) is 0 Å². The Hall–Kier alpha value is -5.26. The van der Waals surface area contributed by atoms with Crippen molar-refractivity contribution in [3.63, 3.8) is 0 Å². The Morgan fingerprint density at radius 1 is 0.955 bits per heavy atom. The molecule has 1 atom stereocenters. The molecule has 3 heterocycles. The number of halogens is 3. The first-order valence-corrected chi connectivity index (χ1v) is 13.8. The number of nitrogens with zero attached hydrogens (tertiary/aromatic N) is 5. The maximum absolute atomic E-state index is 13.9. The van der Waals surface area contributed by atoms with Gasteiger partial charge in [0.25, 0.3) is 5.56 Å². The molecule has 1 amide bonds. The molecule has 0 spiro atoms. The van der Waals surface area contributed by atoms with Gasteiger partial charge in [-0.1, -0.05) is 18.2 Å². The number of pyridine rings is 2. The predicted octanol–water partition coefficient (Wildman–Crippen LogP) is 5.81. The van der Waals surface area contributed by atoms with Gasteiger partial charge in [0.05, 0.1) is 30.1 Å². The number of hydrogen-bond acceptors (Lipinski definition) is 7. The van der Waals surface area contributed by atoms with E-state index in [2.05, 4.69) is 14.7 Å². The summed E-state index contributed by atoms with van der Waals surface area (Å²) in [6, 6.07) is 18.2. The molecule has 3 aromatic heterocycles. The topological polar surface area (TPSA) is 99.4 Å². The Kier molecular flexibility index (Phi) is 8.88. The van der Waals surface area contributed by atoms with E-state index in [0.29, 0.717) is 29.0 Å². The van der Waals surface area contributed by atoms with Crippen LogP contribution in [-0.4, -0.2) is 43.3 Å². The second-order valence-corrected chi connectivity index (χ2v) is 9.84. The fraction of sp³-hybridized carbons (Fsp3) is 0.219. The molecule has 0 aliphatic rings. The molecule has 5 rings (SSSR count). The van der Waals surface area contributed by atoms with Gasteiger partial charge in [-0.2, -0.15) is 0 Å². The summed E-state index contributed by atoms with van der Waals surface area (Å²) in [6.45, 7) is 4.24. The van der Waals surface area contributed by atoms with Crippen molar-refractivity contribution in [2.75, 3.05) is 6.61 Å². The largest absolute Gasteiger partial charge is 0.573 e. The highest BCUT2D eigenvalue weighted by Gasteiger charge is 2.31. The number of rotatable bonds is 10. The van der Waals surface area contributed by atoms with Crippen LogP contribution in [0.4, 0.5) is 13.2 Å². The monoisotopic (exact) mass is 603 g/mol. The summed E-state index contributed by atoms with van der Waals surface area (Å²) < 4.78 is 48.8. The Morgan fingerprint density at radius 2 is 1.66 bits per heavy atom. The van der Waals surface area contributed by atoms with Crippen molar-refractivity contribution in [3.05, 3.63) is 119 Å². The number of fused-ring (bicyclic) bond motifs is 1. The fourth-order valence-electron chi connectivity index (χ4n) is 4.78. The third kappa shape index (κ3) is 7.02. The third-order valence-corrected chi connectivity index (χ3v) is 6.83. The van der Waals surface area contributed by atoms with Crippen molar-refractivity contribution in [3.8, 4) is 17.2 Å². The van der Waals surface area contributed by atoms with E-state index >= 15 is 0 Å². The molecule has 0 saturated carbocycles. The number of benzene rings is 2. The Bertz CT molecular complexity index is 1790. The lowest BCUT2D eigenvalue weighted by atomic mass is 10.1. The fourth-order valence-corrected chi connectivity index (χ4v) is 4.78. The van der Waals surface area contributed by atoms with E-state index in [9.17, 15) is 22.8 Å². The van der Waals surface area contributed by atoms with Crippen LogP contribution in [0.2, 0.25) is 0 Å². The molecule has 9 nitrogen and oxygen atoms in total. The first-order chi connectivity index (χ1) is 21.1. The number of amides is 1. The van der Waals surface area contributed by atoms with Gasteiger partial charge in [-0.05, 0) is 79.6 Å². The van der Waals surface area contributed by atoms with Crippen LogP contribution in [0.15, 0.2) is 96.2 Å². The molecule has 0 unspecified atom stereocenters. The highest BCUT2D eigenvalue weighted by molar-refractivity contribution is 5.79. The Labute approximate surface area is 250 Å². The van der Waals surface area contributed by atoms with Gasteiger partial charge < -0.3 is 14.4 Å². The van der Waals surface area contributed by atoms with Crippen LogP contribution in [0.3, 0.4) is 0 Å². The van der Waals surface area contributed by atoms with Gasteiger partial charge in [0.15, 0.2) is 5.65 Å². The van der Waals surface area contributed by atoms with Crippen LogP contribution >= 0.6 is 0 Å². The lowest BCUT2D eigenvalue weighted by Gasteiger charge is -2.31. The Balaban J connectivity index is 1.56. The molecule has 0 fully saturated rings. The molecule has 0 bridgehead atoms. The summed E-state index contributed by atoms with van der Waals surface area (Å²) in [6.07, 6.45) is -0.172. The summed E-state index contributed by atoms with van der Waals surface area (Å²) >= 11 is 0. The van der Waals surface area contributed by atoms with Gasteiger partial charge in [-0.15, -0.1) is 13.2 Å². The first-order valence-electron chi connectivity index (χ1n) is 13.8. The van der Waals surface area contributed by atoms with Crippen LogP contribution in [0.5, 0.6) is 11.5 Å². The van der Waals surface area contributed by atoms with Gasteiger partial charge in [0, 0.05) is 25.1 Å². The van der Waals surface area contributed by atoms with Crippen LogP contribution in [0, 0.1) is 0 Å². The second kappa shape index (κ2) is 12.9. The number of carbonyl (C=O) groups excluding carboxylic acids is 1. The average Bonchev–Trinajstić information content (AvgIpc) is 3.01. The molecular weight excluding hydrogens is 575 g/mol. The standard InChI is InChI=1S/C32H28F3N5O4/c1-3-43-25-14-10-24(11-15-25)40-30(38-29-27(31(40)42)7-5-17-37-29)21(2)39(20-23-6-4-16-36-19-23)28(41)18-22-8-12-26(13-9-22)44-32(33,34)35/h4-17,19,21H,3,18,20H2,1-2H3/t21-/m0/s1. The van der Waals surface area contributed by atoms with E-state index < -0.39 is 12.4 Å². The molecule has 0 aliphatic carbocycles. The molecule has 44 heavy (non-hydrogen) atoms. The normalized spacial score (nSPS) is 12.1. The minimum absolute atomic E-state index is 0.127. The molecule has 0 radical (unpaired) electrons. The molecule has 0 aliphatic heterocycles. The second-order valence-electron chi connectivity index (χ2n) is 9.84. The highest BCUT2D eigenvalue weighted by Crippen LogP contribution is 2.27. The van der Waals surface area contributed by atoms with E-state index in [1.165, 1.54) is 22.9 Å². The van der Waals surface area contributed by atoms with Crippen LogP contribution in [0.25, 0.3) is 16.7 Å². The van der Waals surface area contributed by atoms with E-state index in [4.69, 9.17) is 9.72 Å². The zero-order chi connectivity index (χ0) is 31.3. The minimum atomic E-state index is -4.83. The quantitative estimate of drug-likeness (QED) is 0.199. The van der Waals surface area contributed by atoms with Crippen molar-refractivity contribution in [2.45, 2.75) is 39.2 Å². The number of hydrogen-bond donors (Lipinski definition) is 0. The van der Waals surface area contributed by atoms with Gasteiger partial charge >= 0.3 is 6.36 Å². The maximum Gasteiger partial charge on any atom is 0.573 e. The zero-order valence-corrected chi connectivity index (χ0v) is 23.9. The Morgan fingerprint density at radius 3 is 2.32 bits per heavy atom. The van der Waals surface area contributed by atoms with E-state index in [1.54, 1.807) is 66.7 Å². The molecule has 226 valence electrons. The van der Waals surface area contributed by atoms with Crippen molar-refractivity contribution in [1.29, 1.82) is 0 Å². The number of aromatic nitrogens is 4. The zero-order valence-electron chi connectivity index (χ0n) is 23.9. The maximum atomic E-state index is 13.9. The highest BCUT2D eigenvalue weighted by atomic mass is 19.4. The number of ether oxygens (including phenoxy) is 2. The lowest BCUT2D eigenvalue weighted by molar-refractivity contribution is -0.274. The van der Waals surface area contributed by atoms with Crippen LogP contribution < -0.4 is 15.0 Å². The van der Waals surface area contributed by atoms with Gasteiger partial charge in [0.2, 0.25) is 5.91 Å². The van der Waals surface area contributed by atoms with Crippen molar-refractivity contribution >= 4 is 16.9 Å². The van der Waals surface area contributed by atoms with Crippen LogP contribution in [0.1, 0.15) is 36.8 Å². The van der Waals surface area contributed by atoms with Crippen molar-refractivity contribution < 1.29 is 27.4 Å². The third-order valence-electron chi connectivity index (χ3n) is 6.83. The van der Waals surface area contributed by atoms with Gasteiger partial charge in [-0.3, -0.25) is 19.1 Å². The van der Waals surface area contributed by atoms with Crippen LogP contribution in [-0.2, 0) is 17.8 Å². The smallest absolute Gasteiger partial charge is 0.494 e. The summed E-state index contributed by atoms with van der Waals surface area (Å²) in [5.41, 5.74) is 1.60. The first kappa shape index (κ1) is 30.2.